The van der Waals surface area contributed by atoms with E-state index in [1.807, 2.05) is 32.3 Å². The Bertz CT molecular complexity index is 674. The molecular weight excluding hydrogens is 242 g/mol. The molecule has 0 aliphatic carbocycles. The van der Waals surface area contributed by atoms with Crippen molar-refractivity contribution in [2.75, 3.05) is 19.0 Å². The summed E-state index contributed by atoms with van der Waals surface area (Å²) in [5.74, 6) is 0. The fraction of sp³-hybridized carbons (Fsp3) is 0.143. The third-order valence-corrected chi connectivity index (χ3v) is 3.83. The van der Waals surface area contributed by atoms with Crippen molar-refractivity contribution in [3.8, 4) is 10.7 Å². The van der Waals surface area contributed by atoms with Crippen LogP contribution < -0.4 is 4.90 Å². The highest BCUT2D eigenvalue weighted by molar-refractivity contribution is 7.21. The van der Waals surface area contributed by atoms with Gasteiger partial charge < -0.3 is 4.90 Å². The zero-order valence-corrected chi connectivity index (χ0v) is 11.1. The van der Waals surface area contributed by atoms with Gasteiger partial charge in [-0.3, -0.25) is 4.98 Å². The van der Waals surface area contributed by atoms with E-state index in [2.05, 4.69) is 33.1 Å². The van der Waals surface area contributed by atoms with Crippen molar-refractivity contribution in [1.29, 1.82) is 0 Å². The molecule has 90 valence electrons. The molecule has 0 radical (unpaired) electrons. The van der Waals surface area contributed by atoms with Crippen LogP contribution >= 0.6 is 11.3 Å². The highest BCUT2D eigenvalue weighted by Gasteiger charge is 2.07. The molecule has 2 heterocycles. The van der Waals surface area contributed by atoms with Gasteiger partial charge in [-0.2, -0.15) is 0 Å². The Balaban J connectivity index is 2.11. The summed E-state index contributed by atoms with van der Waals surface area (Å²) in [6.45, 7) is 0. The monoisotopic (exact) mass is 255 g/mol. The van der Waals surface area contributed by atoms with Crippen molar-refractivity contribution >= 4 is 27.2 Å². The molecule has 2 aromatic heterocycles. The number of fused-ring (bicyclic) bond motifs is 1. The third kappa shape index (κ3) is 1.95. The number of aromatic nitrogens is 2. The number of anilines is 1. The summed E-state index contributed by atoms with van der Waals surface area (Å²) in [6.07, 6.45) is 1.80. The maximum Gasteiger partial charge on any atom is 0.143 e. The summed E-state index contributed by atoms with van der Waals surface area (Å²) in [5, 5.41) is 0.974. The summed E-state index contributed by atoms with van der Waals surface area (Å²) in [6, 6.07) is 12.2. The van der Waals surface area contributed by atoms with Crippen molar-refractivity contribution in [2.45, 2.75) is 0 Å². The molecule has 0 spiro atoms. The Kier molecular flexibility index (Phi) is 2.72. The van der Waals surface area contributed by atoms with Crippen LogP contribution in [0.2, 0.25) is 0 Å². The molecule has 4 heteroatoms. The van der Waals surface area contributed by atoms with Crippen molar-refractivity contribution in [3.63, 3.8) is 0 Å². The van der Waals surface area contributed by atoms with Gasteiger partial charge in [0.15, 0.2) is 0 Å². The standard InChI is InChI=1S/C14H13N3S/c1-17(2)10-6-7-13-12(9-10)16-14(18-13)11-5-3-4-8-15-11/h3-9H,1-2H3. The molecule has 1 aromatic carbocycles. The van der Waals surface area contributed by atoms with Crippen molar-refractivity contribution < 1.29 is 0 Å². The number of rotatable bonds is 2. The summed E-state index contributed by atoms with van der Waals surface area (Å²) in [5.41, 5.74) is 3.14. The summed E-state index contributed by atoms with van der Waals surface area (Å²) in [4.78, 5) is 11.1. The molecule has 0 fully saturated rings. The lowest BCUT2D eigenvalue weighted by molar-refractivity contribution is 1.13. The lowest BCUT2D eigenvalue weighted by Crippen LogP contribution is -2.07. The first-order valence-electron chi connectivity index (χ1n) is 5.73. The zero-order valence-electron chi connectivity index (χ0n) is 10.3. The molecule has 0 N–H and O–H groups in total. The second-order valence-corrected chi connectivity index (χ2v) is 5.31. The van der Waals surface area contributed by atoms with Gasteiger partial charge in [0.25, 0.3) is 0 Å². The van der Waals surface area contributed by atoms with Gasteiger partial charge in [0, 0.05) is 26.0 Å². The largest absolute Gasteiger partial charge is 0.378 e. The Morgan fingerprint density at radius 2 is 2.00 bits per heavy atom. The quantitative estimate of drug-likeness (QED) is 0.702. The lowest BCUT2D eigenvalue weighted by Gasteiger charge is -2.11. The van der Waals surface area contributed by atoms with E-state index < -0.39 is 0 Å². The molecule has 0 aliphatic rings. The van der Waals surface area contributed by atoms with E-state index in [-0.39, 0.29) is 0 Å². The Morgan fingerprint density at radius 1 is 1.11 bits per heavy atom. The number of nitrogens with zero attached hydrogens (tertiary/aromatic N) is 3. The maximum atomic E-state index is 4.66. The molecule has 0 aliphatic heterocycles. The van der Waals surface area contributed by atoms with Gasteiger partial charge in [0.1, 0.15) is 5.01 Å². The van der Waals surface area contributed by atoms with Crippen LogP contribution in [0.4, 0.5) is 5.69 Å². The van der Waals surface area contributed by atoms with Crippen LogP contribution in [0.3, 0.4) is 0 Å². The first-order valence-corrected chi connectivity index (χ1v) is 6.55. The predicted molar refractivity (Wildman–Crippen MR) is 77.2 cm³/mol. The van der Waals surface area contributed by atoms with Crippen LogP contribution in [0.1, 0.15) is 0 Å². The molecule has 3 nitrogen and oxygen atoms in total. The molecule has 18 heavy (non-hydrogen) atoms. The molecule has 0 amide bonds. The molecule has 0 unspecified atom stereocenters. The minimum Gasteiger partial charge on any atom is -0.378 e. The van der Waals surface area contributed by atoms with Crippen LogP contribution in [0.5, 0.6) is 0 Å². The molecule has 0 atom stereocenters. The lowest BCUT2D eigenvalue weighted by atomic mass is 10.3. The van der Waals surface area contributed by atoms with Crippen LogP contribution in [-0.4, -0.2) is 24.1 Å². The van der Waals surface area contributed by atoms with Crippen LogP contribution in [0.15, 0.2) is 42.6 Å². The van der Waals surface area contributed by atoms with Gasteiger partial charge in [-0.25, -0.2) is 4.98 Å². The molecule has 3 aromatic rings. The summed E-state index contributed by atoms with van der Waals surface area (Å²) < 4.78 is 1.20. The van der Waals surface area contributed by atoms with E-state index in [1.54, 1.807) is 17.5 Å². The van der Waals surface area contributed by atoms with Gasteiger partial charge in [-0.05, 0) is 30.3 Å². The van der Waals surface area contributed by atoms with Crippen molar-refractivity contribution in [2.24, 2.45) is 0 Å². The number of benzene rings is 1. The molecule has 0 saturated carbocycles. The summed E-state index contributed by atoms with van der Waals surface area (Å²) in [7, 11) is 4.07. The van der Waals surface area contributed by atoms with E-state index >= 15 is 0 Å². The average molecular weight is 255 g/mol. The van der Waals surface area contributed by atoms with Crippen molar-refractivity contribution in [3.05, 3.63) is 42.6 Å². The number of hydrogen-bond donors (Lipinski definition) is 0. The average Bonchev–Trinajstić information content (AvgIpc) is 2.82. The Labute approximate surface area is 110 Å². The van der Waals surface area contributed by atoms with Gasteiger partial charge in [0.2, 0.25) is 0 Å². The third-order valence-electron chi connectivity index (χ3n) is 2.77. The maximum absolute atomic E-state index is 4.66. The highest BCUT2D eigenvalue weighted by atomic mass is 32.1. The second-order valence-electron chi connectivity index (χ2n) is 4.28. The van der Waals surface area contributed by atoms with Gasteiger partial charge in [-0.1, -0.05) is 6.07 Å². The van der Waals surface area contributed by atoms with Gasteiger partial charge in [0.05, 0.1) is 15.9 Å². The number of thiazole rings is 1. The first kappa shape index (κ1) is 11.2. The minimum atomic E-state index is 0.935. The second kappa shape index (κ2) is 4.38. The van der Waals surface area contributed by atoms with E-state index in [9.17, 15) is 0 Å². The van der Waals surface area contributed by atoms with Crippen molar-refractivity contribution in [1.82, 2.24) is 9.97 Å². The first-order chi connectivity index (χ1) is 8.74. The van der Waals surface area contributed by atoms with E-state index in [1.165, 1.54) is 10.4 Å². The molecule has 3 rings (SSSR count). The Hall–Kier alpha value is -1.94. The number of hydrogen-bond acceptors (Lipinski definition) is 4. The van der Waals surface area contributed by atoms with Gasteiger partial charge >= 0.3 is 0 Å². The normalized spacial score (nSPS) is 10.8. The van der Waals surface area contributed by atoms with Gasteiger partial charge in [-0.15, -0.1) is 11.3 Å². The Morgan fingerprint density at radius 3 is 2.72 bits per heavy atom. The van der Waals surface area contributed by atoms with Crippen LogP contribution in [0.25, 0.3) is 20.9 Å². The van der Waals surface area contributed by atoms with Crippen LogP contribution in [-0.2, 0) is 0 Å². The number of pyridine rings is 1. The van der Waals surface area contributed by atoms with E-state index in [4.69, 9.17) is 0 Å². The fourth-order valence-electron chi connectivity index (χ4n) is 1.79. The molecular formula is C14H13N3S. The van der Waals surface area contributed by atoms with E-state index in [0.717, 1.165) is 16.2 Å². The fourth-order valence-corrected chi connectivity index (χ4v) is 2.72. The SMILES string of the molecule is CN(C)c1ccc2sc(-c3ccccn3)nc2c1. The van der Waals surface area contributed by atoms with Crippen LogP contribution in [0, 0.1) is 0 Å². The molecule has 0 saturated heterocycles. The predicted octanol–water partition coefficient (Wildman–Crippen LogP) is 3.42. The minimum absolute atomic E-state index is 0.935. The summed E-state index contributed by atoms with van der Waals surface area (Å²) >= 11 is 1.68. The highest BCUT2D eigenvalue weighted by Crippen LogP contribution is 2.30. The topological polar surface area (TPSA) is 29.0 Å². The smallest absolute Gasteiger partial charge is 0.143 e. The zero-order chi connectivity index (χ0) is 12.5. The molecule has 0 bridgehead atoms. The van der Waals surface area contributed by atoms with E-state index in [0.29, 0.717) is 0 Å².